The van der Waals surface area contributed by atoms with Gasteiger partial charge in [-0.1, -0.05) is 59.7 Å². The van der Waals surface area contributed by atoms with E-state index < -0.39 is 14.3 Å². The highest BCUT2D eigenvalue weighted by molar-refractivity contribution is 8.13. The van der Waals surface area contributed by atoms with Gasteiger partial charge in [0.1, 0.15) is 5.25 Å². The highest BCUT2D eigenvalue weighted by Gasteiger charge is 2.25. The molecule has 0 heterocycles. The van der Waals surface area contributed by atoms with Crippen molar-refractivity contribution in [3.63, 3.8) is 0 Å². The first kappa shape index (κ1) is 15.1. The summed E-state index contributed by atoms with van der Waals surface area (Å²) >= 11 is 0. The average molecular weight is 309 g/mol. The third-order valence-corrected chi connectivity index (χ3v) is 5.02. The molecule has 0 bridgehead atoms. The third kappa shape index (κ3) is 3.84. The number of hydrogen-bond donors (Lipinski definition) is 0. The van der Waals surface area contributed by atoms with Crippen LogP contribution in [0.5, 0.6) is 0 Å². The summed E-state index contributed by atoms with van der Waals surface area (Å²) in [6.45, 7) is 3.93. The van der Waals surface area contributed by atoms with Crippen LogP contribution in [0.1, 0.15) is 27.5 Å². The van der Waals surface area contributed by atoms with E-state index in [1.54, 1.807) is 0 Å². The van der Waals surface area contributed by atoms with Gasteiger partial charge >= 0.3 is 0 Å². The Morgan fingerprint density at radius 3 is 2.15 bits per heavy atom. The lowest BCUT2D eigenvalue weighted by atomic mass is 10.0. The Kier molecular flexibility index (Phi) is 4.51. The molecule has 0 aromatic heterocycles. The Labute approximate surface area is 124 Å². The molecule has 0 saturated carbocycles. The van der Waals surface area contributed by atoms with Gasteiger partial charge < -0.3 is 0 Å². The van der Waals surface area contributed by atoms with E-state index in [1.807, 2.05) is 62.4 Å². The molecule has 20 heavy (non-hydrogen) atoms. The van der Waals surface area contributed by atoms with Gasteiger partial charge in [0.05, 0.1) is 0 Å². The zero-order valence-electron chi connectivity index (χ0n) is 11.5. The molecule has 4 heteroatoms. The molecule has 0 fully saturated rings. The SMILES string of the molecule is Cc1cccc(CC(c2cccc(C)c2)S(=O)(=O)Cl)c1. The van der Waals surface area contributed by atoms with Crippen molar-refractivity contribution < 1.29 is 8.42 Å². The average Bonchev–Trinajstić information content (AvgIpc) is 2.34. The molecule has 106 valence electrons. The van der Waals surface area contributed by atoms with Gasteiger partial charge in [0.2, 0.25) is 9.05 Å². The van der Waals surface area contributed by atoms with Crippen LogP contribution in [0.3, 0.4) is 0 Å². The first-order valence-electron chi connectivity index (χ1n) is 6.42. The van der Waals surface area contributed by atoms with Crippen LogP contribution < -0.4 is 0 Å². The summed E-state index contributed by atoms with van der Waals surface area (Å²) < 4.78 is 23.8. The zero-order chi connectivity index (χ0) is 14.8. The summed E-state index contributed by atoms with van der Waals surface area (Å²) in [5, 5.41) is -0.717. The lowest BCUT2D eigenvalue weighted by Gasteiger charge is -2.15. The van der Waals surface area contributed by atoms with Crippen LogP contribution in [0.2, 0.25) is 0 Å². The van der Waals surface area contributed by atoms with Crippen LogP contribution in [0.4, 0.5) is 0 Å². The molecule has 2 rings (SSSR count). The van der Waals surface area contributed by atoms with Gasteiger partial charge in [-0.25, -0.2) is 8.42 Å². The number of halogens is 1. The van der Waals surface area contributed by atoms with E-state index in [1.165, 1.54) is 0 Å². The van der Waals surface area contributed by atoms with E-state index in [0.29, 0.717) is 6.42 Å². The molecule has 0 aliphatic carbocycles. The standard InChI is InChI=1S/C16H17ClO2S/c1-12-5-3-7-14(9-12)11-16(20(17,18)19)15-8-4-6-13(2)10-15/h3-10,16H,11H2,1-2H3. The van der Waals surface area contributed by atoms with Crippen molar-refractivity contribution in [2.45, 2.75) is 25.5 Å². The van der Waals surface area contributed by atoms with Crippen LogP contribution in [0.25, 0.3) is 0 Å². The van der Waals surface area contributed by atoms with Crippen molar-refractivity contribution >= 4 is 19.7 Å². The second-order valence-electron chi connectivity index (χ2n) is 5.07. The smallest absolute Gasteiger partial charge is 0.212 e. The number of aryl methyl sites for hydroxylation is 2. The van der Waals surface area contributed by atoms with Crippen molar-refractivity contribution in [2.24, 2.45) is 0 Å². The summed E-state index contributed by atoms with van der Waals surface area (Å²) in [5.74, 6) is 0. The molecule has 1 unspecified atom stereocenters. The van der Waals surface area contributed by atoms with Gasteiger partial charge in [0.15, 0.2) is 0 Å². The summed E-state index contributed by atoms with van der Waals surface area (Å²) in [6.07, 6.45) is 0.386. The Hall–Kier alpha value is -1.32. The molecular weight excluding hydrogens is 292 g/mol. The highest BCUT2D eigenvalue weighted by atomic mass is 35.7. The van der Waals surface area contributed by atoms with Gasteiger partial charge in [-0.3, -0.25) is 0 Å². The molecular formula is C16H17ClO2S. The minimum atomic E-state index is -3.67. The number of benzene rings is 2. The van der Waals surface area contributed by atoms with E-state index in [9.17, 15) is 8.42 Å². The quantitative estimate of drug-likeness (QED) is 0.795. The van der Waals surface area contributed by atoms with E-state index in [4.69, 9.17) is 10.7 Å². The maximum Gasteiger partial charge on any atom is 0.239 e. The van der Waals surface area contributed by atoms with E-state index in [2.05, 4.69) is 0 Å². The highest BCUT2D eigenvalue weighted by Crippen LogP contribution is 2.30. The molecule has 2 aromatic carbocycles. The maximum atomic E-state index is 11.9. The van der Waals surface area contributed by atoms with Crippen molar-refractivity contribution in [3.8, 4) is 0 Å². The molecule has 0 amide bonds. The lowest BCUT2D eigenvalue weighted by Crippen LogP contribution is -2.11. The Balaban J connectivity index is 2.40. The molecule has 1 atom stereocenters. The van der Waals surface area contributed by atoms with Crippen molar-refractivity contribution in [2.75, 3.05) is 0 Å². The summed E-state index contributed by atoms with van der Waals surface area (Å²) in [4.78, 5) is 0. The topological polar surface area (TPSA) is 34.1 Å². The van der Waals surface area contributed by atoms with Gasteiger partial charge in [0.25, 0.3) is 0 Å². The Morgan fingerprint density at radius 1 is 1.00 bits per heavy atom. The third-order valence-electron chi connectivity index (χ3n) is 3.26. The van der Waals surface area contributed by atoms with E-state index in [0.717, 1.165) is 22.3 Å². The first-order chi connectivity index (χ1) is 9.36. The second kappa shape index (κ2) is 5.98. The van der Waals surface area contributed by atoms with Crippen LogP contribution in [0, 0.1) is 13.8 Å². The predicted molar refractivity (Wildman–Crippen MR) is 83.6 cm³/mol. The molecule has 0 aliphatic heterocycles. The van der Waals surface area contributed by atoms with Gasteiger partial charge in [0, 0.05) is 10.7 Å². The normalized spacial score (nSPS) is 13.2. The van der Waals surface area contributed by atoms with Crippen molar-refractivity contribution in [3.05, 3.63) is 70.8 Å². The summed E-state index contributed by atoms with van der Waals surface area (Å²) in [5.41, 5.74) is 3.84. The lowest BCUT2D eigenvalue weighted by molar-refractivity contribution is 0.595. The molecule has 2 aromatic rings. The molecule has 0 spiro atoms. The first-order valence-corrected chi connectivity index (χ1v) is 8.79. The second-order valence-corrected chi connectivity index (χ2v) is 7.88. The number of rotatable bonds is 4. The van der Waals surface area contributed by atoms with Crippen LogP contribution in [-0.4, -0.2) is 8.42 Å². The Morgan fingerprint density at radius 2 is 1.60 bits per heavy atom. The molecule has 0 radical (unpaired) electrons. The number of hydrogen-bond acceptors (Lipinski definition) is 2. The van der Waals surface area contributed by atoms with Gasteiger partial charge in [-0.05, 0) is 31.4 Å². The van der Waals surface area contributed by atoms with Crippen LogP contribution >= 0.6 is 10.7 Å². The van der Waals surface area contributed by atoms with Crippen molar-refractivity contribution in [1.29, 1.82) is 0 Å². The molecule has 2 nitrogen and oxygen atoms in total. The summed E-state index contributed by atoms with van der Waals surface area (Å²) in [7, 11) is 1.97. The Bertz CT molecular complexity index is 708. The largest absolute Gasteiger partial charge is 0.239 e. The van der Waals surface area contributed by atoms with E-state index in [-0.39, 0.29) is 0 Å². The maximum absolute atomic E-state index is 11.9. The minimum Gasteiger partial charge on any atom is -0.212 e. The van der Waals surface area contributed by atoms with Gasteiger partial charge in [-0.2, -0.15) is 0 Å². The zero-order valence-corrected chi connectivity index (χ0v) is 13.1. The molecule has 0 saturated heterocycles. The van der Waals surface area contributed by atoms with Crippen molar-refractivity contribution in [1.82, 2.24) is 0 Å². The predicted octanol–water partition coefficient (Wildman–Crippen LogP) is 4.16. The van der Waals surface area contributed by atoms with Crippen LogP contribution in [-0.2, 0) is 15.5 Å². The fraction of sp³-hybridized carbons (Fsp3) is 0.250. The molecule has 0 N–H and O–H groups in total. The fourth-order valence-electron chi connectivity index (χ4n) is 2.30. The molecule has 0 aliphatic rings. The summed E-state index contributed by atoms with van der Waals surface area (Å²) in [6, 6.07) is 15.3. The fourth-order valence-corrected chi connectivity index (χ4v) is 3.66. The minimum absolute atomic E-state index is 0.386. The van der Waals surface area contributed by atoms with Gasteiger partial charge in [-0.15, -0.1) is 0 Å². The van der Waals surface area contributed by atoms with Crippen LogP contribution in [0.15, 0.2) is 48.5 Å². The monoisotopic (exact) mass is 308 g/mol. The van der Waals surface area contributed by atoms with E-state index >= 15 is 0 Å².